The number of benzene rings is 2. The number of carbonyl (C=O) groups is 1. The van der Waals surface area contributed by atoms with Crippen LogP contribution >= 0.6 is 11.8 Å². The van der Waals surface area contributed by atoms with E-state index in [0.29, 0.717) is 16.7 Å². The molecule has 0 aliphatic rings. The fourth-order valence-corrected chi connectivity index (χ4v) is 3.46. The Morgan fingerprint density at radius 2 is 1.37 bits per heavy atom. The van der Waals surface area contributed by atoms with E-state index in [1.165, 1.54) is 42.5 Å². The Bertz CT molecular complexity index is 975. The summed E-state index contributed by atoms with van der Waals surface area (Å²) in [6.07, 6.45) is 0. The van der Waals surface area contributed by atoms with Crippen molar-refractivity contribution in [1.82, 2.24) is 4.57 Å². The van der Waals surface area contributed by atoms with Crippen molar-refractivity contribution in [2.24, 2.45) is 0 Å². The first kappa shape index (κ1) is 19.2. The number of rotatable bonds is 3. The summed E-state index contributed by atoms with van der Waals surface area (Å²) >= 11 is -0.420. The number of alkyl halides is 3. The van der Waals surface area contributed by atoms with Crippen LogP contribution in [-0.4, -0.2) is 16.0 Å². The van der Waals surface area contributed by atoms with E-state index in [9.17, 15) is 26.7 Å². The zero-order chi connectivity index (χ0) is 19.8. The van der Waals surface area contributed by atoms with Crippen LogP contribution in [0.3, 0.4) is 0 Å². The van der Waals surface area contributed by atoms with Crippen LogP contribution in [0.15, 0.2) is 59.6 Å². The zero-order valence-electron chi connectivity index (χ0n) is 13.8. The third-order valence-corrected chi connectivity index (χ3v) is 4.52. The highest BCUT2D eigenvalue weighted by atomic mass is 32.2. The standard InChI is InChI=1S/C19H12F5NOS/c1-11(26)25-17(27-19(22,23)24)10-16(12-2-6-14(20)7-3-12)18(25)13-4-8-15(21)9-5-13/h2-10H,1H3. The minimum Gasteiger partial charge on any atom is -0.274 e. The average Bonchev–Trinajstić information content (AvgIpc) is 2.93. The third-order valence-electron chi connectivity index (χ3n) is 3.78. The molecular formula is C19H12F5NOS. The molecule has 0 spiro atoms. The molecule has 0 unspecified atom stereocenters. The van der Waals surface area contributed by atoms with Gasteiger partial charge in [-0.05, 0) is 53.6 Å². The fourth-order valence-electron chi connectivity index (χ4n) is 2.74. The monoisotopic (exact) mass is 397 g/mol. The molecule has 0 saturated heterocycles. The van der Waals surface area contributed by atoms with Crippen LogP contribution in [0, 0.1) is 11.6 Å². The summed E-state index contributed by atoms with van der Waals surface area (Å²) < 4.78 is 66.4. The van der Waals surface area contributed by atoms with Crippen LogP contribution in [0.1, 0.15) is 11.7 Å². The van der Waals surface area contributed by atoms with Gasteiger partial charge >= 0.3 is 5.51 Å². The Morgan fingerprint density at radius 1 is 0.889 bits per heavy atom. The molecule has 3 aromatic rings. The molecule has 0 radical (unpaired) electrons. The van der Waals surface area contributed by atoms with Crippen LogP contribution in [0.4, 0.5) is 22.0 Å². The number of aromatic nitrogens is 1. The maximum atomic E-state index is 13.3. The van der Waals surface area contributed by atoms with Crippen molar-refractivity contribution >= 4 is 17.7 Å². The molecule has 0 N–H and O–H groups in total. The van der Waals surface area contributed by atoms with E-state index in [-0.39, 0.29) is 10.7 Å². The summed E-state index contributed by atoms with van der Waals surface area (Å²) in [6.45, 7) is 1.14. The van der Waals surface area contributed by atoms with Crippen LogP contribution in [0.5, 0.6) is 0 Å². The van der Waals surface area contributed by atoms with E-state index < -0.39 is 34.8 Å². The maximum absolute atomic E-state index is 13.3. The van der Waals surface area contributed by atoms with Crippen molar-refractivity contribution in [3.63, 3.8) is 0 Å². The first-order chi connectivity index (χ1) is 12.7. The molecule has 0 fully saturated rings. The third kappa shape index (κ3) is 4.21. The molecule has 0 atom stereocenters. The second-order valence-corrected chi connectivity index (χ2v) is 6.75. The highest BCUT2D eigenvalue weighted by Gasteiger charge is 2.33. The SMILES string of the molecule is CC(=O)n1c(SC(F)(F)F)cc(-c2ccc(F)cc2)c1-c1ccc(F)cc1. The van der Waals surface area contributed by atoms with Gasteiger partial charge in [0.1, 0.15) is 11.6 Å². The number of hydrogen-bond acceptors (Lipinski definition) is 2. The van der Waals surface area contributed by atoms with E-state index in [0.717, 1.165) is 23.6 Å². The van der Waals surface area contributed by atoms with Gasteiger partial charge in [0.05, 0.1) is 10.7 Å². The van der Waals surface area contributed by atoms with E-state index in [1.807, 2.05) is 0 Å². The lowest BCUT2D eigenvalue weighted by molar-refractivity contribution is -0.0329. The van der Waals surface area contributed by atoms with Gasteiger partial charge in [0.15, 0.2) is 0 Å². The summed E-state index contributed by atoms with van der Waals surface area (Å²) in [5.74, 6) is -1.65. The number of thioether (sulfide) groups is 1. The smallest absolute Gasteiger partial charge is 0.274 e. The number of hydrogen-bond donors (Lipinski definition) is 0. The van der Waals surface area contributed by atoms with E-state index in [2.05, 4.69) is 0 Å². The van der Waals surface area contributed by atoms with Crippen molar-refractivity contribution in [1.29, 1.82) is 0 Å². The normalized spacial score (nSPS) is 11.6. The van der Waals surface area contributed by atoms with Crippen molar-refractivity contribution in [2.45, 2.75) is 17.5 Å². The minimum absolute atomic E-state index is 0.181. The van der Waals surface area contributed by atoms with Gasteiger partial charge in [0.2, 0.25) is 5.91 Å². The second-order valence-electron chi connectivity index (χ2n) is 5.66. The molecule has 8 heteroatoms. The van der Waals surface area contributed by atoms with Gasteiger partial charge in [-0.3, -0.25) is 9.36 Å². The van der Waals surface area contributed by atoms with Gasteiger partial charge in [-0.1, -0.05) is 12.1 Å². The summed E-state index contributed by atoms with van der Waals surface area (Å²) in [7, 11) is 0. The molecular weight excluding hydrogens is 385 g/mol. The van der Waals surface area contributed by atoms with Gasteiger partial charge in [-0.25, -0.2) is 8.78 Å². The summed E-state index contributed by atoms with van der Waals surface area (Å²) in [6, 6.07) is 11.4. The molecule has 0 aliphatic carbocycles. The summed E-state index contributed by atoms with van der Waals surface area (Å²) in [4.78, 5) is 12.2. The molecule has 140 valence electrons. The Morgan fingerprint density at radius 3 is 1.81 bits per heavy atom. The lowest BCUT2D eigenvalue weighted by Gasteiger charge is -2.12. The van der Waals surface area contributed by atoms with Crippen molar-refractivity contribution in [2.75, 3.05) is 0 Å². The predicted octanol–water partition coefficient (Wildman–Crippen LogP) is 6.37. The first-order valence-corrected chi connectivity index (χ1v) is 8.51. The van der Waals surface area contributed by atoms with Gasteiger partial charge in [0, 0.05) is 24.2 Å². The first-order valence-electron chi connectivity index (χ1n) is 7.70. The Hall–Kier alpha value is -2.61. The van der Waals surface area contributed by atoms with E-state index in [4.69, 9.17) is 0 Å². The lowest BCUT2D eigenvalue weighted by Crippen LogP contribution is -2.11. The molecule has 2 nitrogen and oxygen atoms in total. The fraction of sp³-hybridized carbons (Fsp3) is 0.105. The number of nitrogens with zero attached hydrogens (tertiary/aromatic N) is 1. The number of carbonyl (C=O) groups excluding carboxylic acids is 1. The Balaban J connectivity index is 2.30. The van der Waals surface area contributed by atoms with E-state index in [1.54, 1.807) is 0 Å². The summed E-state index contributed by atoms with van der Waals surface area (Å²) in [5, 5.41) is -0.325. The van der Waals surface area contributed by atoms with Crippen LogP contribution in [0.25, 0.3) is 22.4 Å². The van der Waals surface area contributed by atoms with Gasteiger partial charge in [-0.15, -0.1) is 0 Å². The average molecular weight is 397 g/mol. The summed E-state index contributed by atoms with van der Waals surface area (Å²) in [5.41, 5.74) is -3.32. The van der Waals surface area contributed by atoms with E-state index >= 15 is 0 Å². The topological polar surface area (TPSA) is 22.0 Å². The van der Waals surface area contributed by atoms with Crippen LogP contribution < -0.4 is 0 Å². The predicted molar refractivity (Wildman–Crippen MR) is 93.4 cm³/mol. The highest BCUT2D eigenvalue weighted by Crippen LogP contribution is 2.44. The molecule has 0 bridgehead atoms. The lowest BCUT2D eigenvalue weighted by atomic mass is 10.0. The molecule has 3 rings (SSSR count). The molecule has 2 aromatic carbocycles. The molecule has 1 aromatic heterocycles. The molecule has 27 heavy (non-hydrogen) atoms. The second kappa shape index (κ2) is 7.19. The Kier molecular flexibility index (Phi) is 5.10. The molecule has 0 aliphatic heterocycles. The number of halogens is 5. The molecule has 0 saturated carbocycles. The van der Waals surface area contributed by atoms with Crippen molar-refractivity contribution in [3.8, 4) is 22.4 Å². The van der Waals surface area contributed by atoms with Crippen molar-refractivity contribution < 1.29 is 26.7 Å². The van der Waals surface area contributed by atoms with Crippen LogP contribution in [0.2, 0.25) is 0 Å². The minimum atomic E-state index is -4.61. The molecule has 0 amide bonds. The van der Waals surface area contributed by atoms with Crippen LogP contribution in [-0.2, 0) is 0 Å². The van der Waals surface area contributed by atoms with Gasteiger partial charge in [0.25, 0.3) is 0 Å². The maximum Gasteiger partial charge on any atom is 0.447 e. The van der Waals surface area contributed by atoms with Crippen molar-refractivity contribution in [3.05, 3.63) is 66.2 Å². The van der Waals surface area contributed by atoms with Gasteiger partial charge < -0.3 is 0 Å². The zero-order valence-corrected chi connectivity index (χ0v) is 14.7. The largest absolute Gasteiger partial charge is 0.447 e. The molecule has 1 heterocycles. The Labute approximate surface area is 155 Å². The highest BCUT2D eigenvalue weighted by molar-refractivity contribution is 8.00. The quantitative estimate of drug-likeness (QED) is 0.378. The van der Waals surface area contributed by atoms with Gasteiger partial charge in [-0.2, -0.15) is 13.2 Å².